The van der Waals surface area contributed by atoms with Crippen LogP contribution in [0.2, 0.25) is 0 Å². The molecule has 0 radical (unpaired) electrons. The standard InChI is InChI=1S/C22H24N6O5S/c1-2-15-4-3-5-19-20(15)24-22(34-19)26-10-8-25(9-11-26)7-6-23-21(29)16-12-17(27(30)31)14-18(13-16)28(32)33/h3-5,12-14H,2,6-11H2,1H3,(H,23,29). The molecule has 1 N–H and O–H groups in total. The zero-order valence-corrected chi connectivity index (χ0v) is 19.4. The number of hydrogen-bond donors (Lipinski definition) is 1. The van der Waals surface area contributed by atoms with Crippen molar-refractivity contribution >= 4 is 44.0 Å². The zero-order valence-electron chi connectivity index (χ0n) is 18.6. The van der Waals surface area contributed by atoms with Gasteiger partial charge in [-0.05, 0) is 18.1 Å². The monoisotopic (exact) mass is 484 g/mol. The van der Waals surface area contributed by atoms with Crippen LogP contribution in [-0.2, 0) is 6.42 Å². The van der Waals surface area contributed by atoms with Crippen LogP contribution in [0.4, 0.5) is 16.5 Å². The van der Waals surface area contributed by atoms with Crippen LogP contribution in [-0.4, -0.2) is 64.9 Å². The van der Waals surface area contributed by atoms with Gasteiger partial charge < -0.3 is 10.2 Å². The van der Waals surface area contributed by atoms with Crippen LogP contribution in [0.1, 0.15) is 22.8 Å². The lowest BCUT2D eigenvalue weighted by atomic mass is 10.1. The van der Waals surface area contributed by atoms with Crippen molar-refractivity contribution in [3.63, 3.8) is 0 Å². The van der Waals surface area contributed by atoms with Gasteiger partial charge in [0.15, 0.2) is 5.13 Å². The fourth-order valence-corrected chi connectivity index (χ4v) is 5.01. The molecule has 1 aromatic heterocycles. The number of carbonyl (C=O) groups is 1. The number of carbonyl (C=O) groups excluding carboxylic acids is 1. The maximum Gasteiger partial charge on any atom is 0.277 e. The highest BCUT2D eigenvalue weighted by Gasteiger charge is 2.22. The maximum atomic E-state index is 12.4. The fourth-order valence-electron chi connectivity index (χ4n) is 3.94. The molecule has 3 aromatic rings. The lowest BCUT2D eigenvalue weighted by Crippen LogP contribution is -2.48. The van der Waals surface area contributed by atoms with E-state index in [2.05, 4.69) is 40.2 Å². The van der Waals surface area contributed by atoms with Crippen molar-refractivity contribution in [3.05, 3.63) is 67.8 Å². The predicted octanol–water partition coefficient (Wildman–Crippen LogP) is 3.23. The summed E-state index contributed by atoms with van der Waals surface area (Å²) < 4.78 is 1.20. The summed E-state index contributed by atoms with van der Waals surface area (Å²) in [4.78, 5) is 42.3. The number of non-ortho nitro benzene ring substituents is 2. The second-order valence-corrected chi connectivity index (χ2v) is 8.96. The number of hydrogen-bond acceptors (Lipinski definition) is 9. The largest absolute Gasteiger partial charge is 0.351 e. The second kappa shape index (κ2) is 10.1. The molecular weight excluding hydrogens is 460 g/mol. The number of fused-ring (bicyclic) bond motifs is 1. The first-order valence-corrected chi connectivity index (χ1v) is 11.7. The van der Waals surface area contributed by atoms with Crippen LogP contribution in [0.3, 0.4) is 0 Å². The van der Waals surface area contributed by atoms with Crippen LogP contribution in [0.15, 0.2) is 36.4 Å². The molecule has 11 nitrogen and oxygen atoms in total. The number of benzene rings is 2. The third-order valence-electron chi connectivity index (χ3n) is 5.81. The molecule has 0 unspecified atom stereocenters. The molecule has 4 rings (SSSR count). The molecule has 1 saturated heterocycles. The Labute approximate surface area is 199 Å². The van der Waals surface area contributed by atoms with Crippen molar-refractivity contribution in [1.82, 2.24) is 15.2 Å². The number of piperazine rings is 1. The van der Waals surface area contributed by atoms with E-state index in [1.165, 1.54) is 10.3 Å². The molecule has 1 amide bonds. The number of nitro groups is 2. The van der Waals surface area contributed by atoms with Crippen LogP contribution in [0.5, 0.6) is 0 Å². The number of para-hydroxylation sites is 1. The van der Waals surface area contributed by atoms with E-state index in [-0.39, 0.29) is 5.56 Å². The van der Waals surface area contributed by atoms with Gasteiger partial charge >= 0.3 is 0 Å². The van der Waals surface area contributed by atoms with E-state index in [4.69, 9.17) is 4.98 Å². The van der Waals surface area contributed by atoms with Gasteiger partial charge in [0.1, 0.15) is 0 Å². The molecule has 2 heterocycles. The zero-order chi connectivity index (χ0) is 24.2. The Morgan fingerprint density at radius 3 is 2.38 bits per heavy atom. The quantitative estimate of drug-likeness (QED) is 0.380. The molecule has 2 aromatic carbocycles. The molecular formula is C22H24N6O5S. The molecule has 0 spiro atoms. The van der Waals surface area contributed by atoms with Gasteiger partial charge in [-0.3, -0.25) is 29.9 Å². The van der Waals surface area contributed by atoms with Crippen molar-refractivity contribution in [1.29, 1.82) is 0 Å². The molecule has 1 aliphatic rings. The third-order valence-corrected chi connectivity index (χ3v) is 6.90. The number of rotatable bonds is 8. The van der Waals surface area contributed by atoms with Crippen LogP contribution in [0, 0.1) is 20.2 Å². The van der Waals surface area contributed by atoms with Gasteiger partial charge in [0.2, 0.25) is 0 Å². The van der Waals surface area contributed by atoms with Gasteiger partial charge in [0.25, 0.3) is 17.3 Å². The average Bonchev–Trinajstić information content (AvgIpc) is 3.28. The Bertz CT molecular complexity index is 1210. The molecule has 178 valence electrons. The number of nitrogens with one attached hydrogen (secondary N) is 1. The van der Waals surface area contributed by atoms with Crippen LogP contribution in [0.25, 0.3) is 10.2 Å². The number of amides is 1. The minimum absolute atomic E-state index is 0.104. The summed E-state index contributed by atoms with van der Waals surface area (Å²) in [5.74, 6) is -0.577. The first-order chi connectivity index (χ1) is 16.4. The summed E-state index contributed by atoms with van der Waals surface area (Å²) in [5, 5.41) is 25.8. The van der Waals surface area contributed by atoms with Gasteiger partial charge in [-0.2, -0.15) is 0 Å². The summed E-state index contributed by atoms with van der Waals surface area (Å²) in [6.45, 7) is 6.35. The normalized spacial score (nSPS) is 14.3. The summed E-state index contributed by atoms with van der Waals surface area (Å²) in [7, 11) is 0. The Morgan fingerprint density at radius 1 is 1.09 bits per heavy atom. The summed E-state index contributed by atoms with van der Waals surface area (Å²) in [6, 6.07) is 9.21. The summed E-state index contributed by atoms with van der Waals surface area (Å²) in [5.41, 5.74) is 1.25. The Balaban J connectivity index is 1.30. The molecule has 1 fully saturated rings. The van der Waals surface area contributed by atoms with Crippen LogP contribution < -0.4 is 10.2 Å². The SMILES string of the molecule is CCc1cccc2sc(N3CCN(CCNC(=O)c4cc([N+](=O)[O-])cc([N+](=O)[O-])c4)CC3)nc12. The van der Waals surface area contributed by atoms with Crippen molar-refractivity contribution in [2.75, 3.05) is 44.2 Å². The highest BCUT2D eigenvalue weighted by atomic mass is 32.1. The fraction of sp³-hybridized carbons (Fsp3) is 0.364. The van der Waals surface area contributed by atoms with Gasteiger partial charge in [-0.15, -0.1) is 0 Å². The van der Waals surface area contributed by atoms with Gasteiger partial charge in [-0.1, -0.05) is 30.4 Å². The Hall–Kier alpha value is -3.64. The van der Waals surface area contributed by atoms with E-state index in [9.17, 15) is 25.0 Å². The van der Waals surface area contributed by atoms with E-state index in [0.717, 1.165) is 61.4 Å². The van der Waals surface area contributed by atoms with Crippen molar-refractivity contribution < 1.29 is 14.6 Å². The Kier molecular flexibility index (Phi) is 6.98. The minimum Gasteiger partial charge on any atom is -0.351 e. The smallest absolute Gasteiger partial charge is 0.277 e. The number of anilines is 1. The maximum absolute atomic E-state index is 12.4. The van der Waals surface area contributed by atoms with Crippen molar-refractivity contribution in [3.8, 4) is 0 Å². The van der Waals surface area contributed by atoms with E-state index in [1.54, 1.807) is 11.3 Å². The Morgan fingerprint density at radius 2 is 1.76 bits per heavy atom. The molecule has 34 heavy (non-hydrogen) atoms. The van der Waals surface area contributed by atoms with E-state index in [0.29, 0.717) is 13.1 Å². The minimum atomic E-state index is -0.752. The highest BCUT2D eigenvalue weighted by molar-refractivity contribution is 7.22. The summed E-state index contributed by atoms with van der Waals surface area (Å²) in [6.07, 6.45) is 0.948. The van der Waals surface area contributed by atoms with Crippen molar-refractivity contribution in [2.45, 2.75) is 13.3 Å². The molecule has 12 heteroatoms. The lowest BCUT2D eigenvalue weighted by molar-refractivity contribution is -0.394. The van der Waals surface area contributed by atoms with Crippen LogP contribution >= 0.6 is 11.3 Å². The molecule has 0 bridgehead atoms. The number of thiazole rings is 1. The van der Waals surface area contributed by atoms with Gasteiger partial charge in [-0.25, -0.2) is 4.98 Å². The predicted molar refractivity (Wildman–Crippen MR) is 130 cm³/mol. The number of aryl methyl sites for hydroxylation is 1. The number of aromatic nitrogens is 1. The molecule has 0 saturated carbocycles. The number of nitro benzene ring substituents is 2. The molecule has 0 aliphatic carbocycles. The van der Waals surface area contributed by atoms with Gasteiger partial charge in [0, 0.05) is 51.4 Å². The first kappa shape index (κ1) is 23.5. The highest BCUT2D eigenvalue weighted by Crippen LogP contribution is 2.31. The molecule has 1 aliphatic heterocycles. The first-order valence-electron chi connectivity index (χ1n) is 10.9. The topological polar surface area (TPSA) is 135 Å². The molecule has 0 atom stereocenters. The average molecular weight is 485 g/mol. The number of nitrogens with zero attached hydrogens (tertiary/aromatic N) is 5. The van der Waals surface area contributed by atoms with Crippen molar-refractivity contribution in [2.24, 2.45) is 0 Å². The van der Waals surface area contributed by atoms with Gasteiger partial charge in [0.05, 0.1) is 31.7 Å². The van der Waals surface area contributed by atoms with E-state index < -0.39 is 27.1 Å². The third kappa shape index (κ3) is 5.13. The lowest BCUT2D eigenvalue weighted by Gasteiger charge is -2.34. The van der Waals surface area contributed by atoms with E-state index >= 15 is 0 Å². The summed E-state index contributed by atoms with van der Waals surface area (Å²) >= 11 is 1.70. The second-order valence-electron chi connectivity index (χ2n) is 7.95. The van der Waals surface area contributed by atoms with E-state index in [1.807, 2.05) is 0 Å².